The van der Waals surface area contributed by atoms with Crippen molar-refractivity contribution in [2.45, 2.75) is 46.8 Å². The molecule has 5 heterocycles. The third kappa shape index (κ3) is 3.53. The lowest BCUT2D eigenvalue weighted by Gasteiger charge is -2.16. The van der Waals surface area contributed by atoms with Crippen molar-refractivity contribution in [1.82, 2.24) is 39.2 Å². The van der Waals surface area contributed by atoms with Gasteiger partial charge in [-0.2, -0.15) is 10.1 Å². The summed E-state index contributed by atoms with van der Waals surface area (Å²) in [6, 6.07) is 0. The molecule has 0 radical (unpaired) electrons. The van der Waals surface area contributed by atoms with Crippen molar-refractivity contribution in [3.63, 3.8) is 0 Å². The summed E-state index contributed by atoms with van der Waals surface area (Å²) in [7, 11) is 1.92. The van der Waals surface area contributed by atoms with E-state index < -0.39 is 0 Å². The number of aromatic nitrogens is 7. The summed E-state index contributed by atoms with van der Waals surface area (Å²) in [4.78, 5) is 32.3. The number of fused-ring (bicyclic) bond motifs is 1. The largest absolute Gasteiger partial charge is 0.471 e. The standard InChI is InChI=1S/C22H26N8O3/c1-6-30-13(3)16(9-25-30)19-27-17-20(28(19)5)23-11-24-21(17)33-15-7-8-29(10-15)22(31)18-12(2)26-14(4)32-18/h9,11,15H,6-8,10H2,1-5H3/t15-/m0/s1. The molecule has 1 fully saturated rings. The lowest BCUT2D eigenvalue weighted by molar-refractivity contribution is 0.0738. The van der Waals surface area contributed by atoms with Crippen molar-refractivity contribution in [1.29, 1.82) is 0 Å². The minimum Gasteiger partial charge on any atom is -0.471 e. The summed E-state index contributed by atoms with van der Waals surface area (Å²) in [5.74, 6) is 1.77. The van der Waals surface area contributed by atoms with E-state index in [1.54, 1.807) is 18.7 Å². The number of ether oxygens (including phenoxy) is 1. The van der Waals surface area contributed by atoms with E-state index in [4.69, 9.17) is 14.1 Å². The predicted octanol–water partition coefficient (Wildman–Crippen LogP) is 2.45. The Morgan fingerprint density at radius 1 is 1.24 bits per heavy atom. The maximum Gasteiger partial charge on any atom is 0.291 e. The summed E-state index contributed by atoms with van der Waals surface area (Å²) in [5.41, 5.74) is 3.84. The van der Waals surface area contributed by atoms with Gasteiger partial charge in [0.05, 0.1) is 24.0 Å². The Morgan fingerprint density at radius 3 is 2.76 bits per heavy atom. The van der Waals surface area contributed by atoms with Crippen LogP contribution in [-0.2, 0) is 13.6 Å². The molecule has 1 saturated heterocycles. The van der Waals surface area contributed by atoms with Gasteiger partial charge in [-0.15, -0.1) is 0 Å². The summed E-state index contributed by atoms with van der Waals surface area (Å²) in [5, 5.41) is 4.43. The van der Waals surface area contributed by atoms with E-state index in [9.17, 15) is 4.79 Å². The van der Waals surface area contributed by atoms with Crippen LogP contribution >= 0.6 is 0 Å². The van der Waals surface area contributed by atoms with Crippen LogP contribution in [0, 0.1) is 20.8 Å². The van der Waals surface area contributed by atoms with Crippen LogP contribution in [-0.4, -0.2) is 64.3 Å². The fourth-order valence-electron chi connectivity index (χ4n) is 4.33. The van der Waals surface area contributed by atoms with Gasteiger partial charge in [-0.1, -0.05) is 0 Å². The van der Waals surface area contributed by atoms with E-state index in [2.05, 4.69) is 27.0 Å². The van der Waals surface area contributed by atoms with Gasteiger partial charge in [0, 0.05) is 39.2 Å². The van der Waals surface area contributed by atoms with Gasteiger partial charge in [0.1, 0.15) is 18.3 Å². The number of imidazole rings is 1. The molecule has 4 aromatic heterocycles. The van der Waals surface area contributed by atoms with E-state index in [1.165, 1.54) is 6.33 Å². The third-order valence-electron chi connectivity index (χ3n) is 6.07. The van der Waals surface area contributed by atoms with Crippen LogP contribution in [0.3, 0.4) is 0 Å². The fraction of sp³-hybridized carbons (Fsp3) is 0.455. The first-order valence-corrected chi connectivity index (χ1v) is 11.0. The molecule has 0 unspecified atom stereocenters. The van der Waals surface area contributed by atoms with Crippen molar-refractivity contribution >= 4 is 17.1 Å². The van der Waals surface area contributed by atoms with Crippen molar-refractivity contribution < 1.29 is 13.9 Å². The molecule has 5 rings (SSSR count). The minimum atomic E-state index is -0.202. The molecule has 0 N–H and O–H groups in total. The molecule has 4 aromatic rings. The van der Waals surface area contributed by atoms with Gasteiger partial charge in [0.2, 0.25) is 11.6 Å². The Kier molecular flexibility index (Phi) is 5.10. The maximum absolute atomic E-state index is 12.8. The summed E-state index contributed by atoms with van der Waals surface area (Å²) in [6.45, 7) is 9.37. The minimum absolute atomic E-state index is 0.171. The Labute approximate surface area is 190 Å². The predicted molar refractivity (Wildman–Crippen MR) is 119 cm³/mol. The number of carbonyl (C=O) groups excluding carboxylic acids is 1. The smallest absolute Gasteiger partial charge is 0.291 e. The van der Waals surface area contributed by atoms with Crippen molar-refractivity contribution in [2.75, 3.05) is 13.1 Å². The lowest BCUT2D eigenvalue weighted by atomic mass is 10.2. The molecule has 0 bridgehead atoms. The van der Waals surface area contributed by atoms with Crippen LogP contribution in [0.1, 0.15) is 41.2 Å². The van der Waals surface area contributed by atoms with Crippen LogP contribution in [0.15, 0.2) is 16.9 Å². The number of carbonyl (C=O) groups is 1. The molecule has 1 amide bonds. The summed E-state index contributed by atoms with van der Waals surface area (Å²) >= 11 is 0. The number of amides is 1. The second-order valence-electron chi connectivity index (χ2n) is 8.23. The molecular weight excluding hydrogens is 424 g/mol. The van der Waals surface area contributed by atoms with Crippen molar-refractivity contribution in [3.8, 4) is 17.3 Å². The highest BCUT2D eigenvalue weighted by molar-refractivity contribution is 5.92. The zero-order valence-corrected chi connectivity index (χ0v) is 19.4. The van der Waals surface area contributed by atoms with Gasteiger partial charge in [0.25, 0.3) is 5.91 Å². The molecule has 1 aliphatic heterocycles. The van der Waals surface area contributed by atoms with Crippen LogP contribution in [0.2, 0.25) is 0 Å². The maximum atomic E-state index is 12.8. The van der Waals surface area contributed by atoms with E-state index >= 15 is 0 Å². The number of rotatable bonds is 5. The molecule has 0 aliphatic carbocycles. The molecule has 1 atom stereocenters. The Hall–Kier alpha value is -3.76. The third-order valence-corrected chi connectivity index (χ3v) is 6.07. The van der Waals surface area contributed by atoms with E-state index in [0.29, 0.717) is 48.1 Å². The summed E-state index contributed by atoms with van der Waals surface area (Å²) < 4.78 is 15.6. The van der Waals surface area contributed by atoms with Crippen molar-refractivity contribution in [2.24, 2.45) is 7.05 Å². The van der Waals surface area contributed by atoms with E-state index in [1.807, 2.05) is 29.4 Å². The summed E-state index contributed by atoms with van der Waals surface area (Å²) in [6.07, 6.45) is 3.78. The highest BCUT2D eigenvalue weighted by Gasteiger charge is 2.32. The second-order valence-corrected chi connectivity index (χ2v) is 8.23. The van der Waals surface area contributed by atoms with Gasteiger partial charge in [0.15, 0.2) is 17.1 Å². The monoisotopic (exact) mass is 450 g/mol. The van der Waals surface area contributed by atoms with Crippen LogP contribution in [0.4, 0.5) is 0 Å². The number of oxazole rings is 1. The molecule has 11 nitrogen and oxygen atoms in total. The first kappa shape index (κ1) is 21.1. The van der Waals surface area contributed by atoms with Crippen LogP contribution in [0.5, 0.6) is 5.88 Å². The van der Waals surface area contributed by atoms with Crippen molar-refractivity contribution in [3.05, 3.63) is 35.6 Å². The van der Waals surface area contributed by atoms with E-state index in [0.717, 1.165) is 23.6 Å². The zero-order chi connectivity index (χ0) is 23.3. The number of hydrogen-bond acceptors (Lipinski definition) is 8. The first-order chi connectivity index (χ1) is 15.9. The van der Waals surface area contributed by atoms with Crippen LogP contribution < -0.4 is 4.74 Å². The Morgan fingerprint density at radius 2 is 2.06 bits per heavy atom. The molecule has 33 heavy (non-hydrogen) atoms. The van der Waals surface area contributed by atoms with Gasteiger partial charge in [-0.3, -0.25) is 9.48 Å². The number of likely N-dealkylation sites (tertiary alicyclic amines) is 1. The topological polar surface area (TPSA) is 117 Å². The number of nitrogens with zero attached hydrogens (tertiary/aromatic N) is 8. The highest BCUT2D eigenvalue weighted by Crippen LogP contribution is 2.30. The highest BCUT2D eigenvalue weighted by atomic mass is 16.5. The molecule has 0 saturated carbocycles. The molecule has 1 aliphatic rings. The van der Waals surface area contributed by atoms with Gasteiger partial charge in [-0.05, 0) is 20.8 Å². The molecule has 11 heteroatoms. The van der Waals surface area contributed by atoms with Crippen LogP contribution in [0.25, 0.3) is 22.6 Å². The SMILES string of the molecule is CCn1ncc(-c2nc3c(O[C@H]4CCN(C(=O)c5oc(C)nc5C)C4)ncnc3n2C)c1C. The Balaban J connectivity index is 1.39. The molecule has 172 valence electrons. The Bertz CT molecular complexity index is 1350. The van der Waals surface area contributed by atoms with Gasteiger partial charge >= 0.3 is 0 Å². The lowest BCUT2D eigenvalue weighted by Crippen LogP contribution is -2.31. The average Bonchev–Trinajstić information content (AvgIpc) is 3.55. The van der Waals surface area contributed by atoms with Gasteiger partial charge < -0.3 is 18.6 Å². The first-order valence-electron chi connectivity index (χ1n) is 11.0. The zero-order valence-electron chi connectivity index (χ0n) is 19.4. The molecule has 0 aromatic carbocycles. The number of hydrogen-bond donors (Lipinski definition) is 0. The quantitative estimate of drug-likeness (QED) is 0.455. The second kappa shape index (κ2) is 7.98. The normalized spacial score (nSPS) is 16.2. The molecular formula is C22H26N8O3. The molecule has 0 spiro atoms. The number of aryl methyl sites for hydroxylation is 4. The fourth-order valence-corrected chi connectivity index (χ4v) is 4.33. The average molecular weight is 451 g/mol. The van der Waals surface area contributed by atoms with E-state index in [-0.39, 0.29) is 17.8 Å². The van der Waals surface area contributed by atoms with Gasteiger partial charge in [-0.25, -0.2) is 15.0 Å².